The molecule has 1 saturated heterocycles. The highest BCUT2D eigenvalue weighted by atomic mass is 19.1. The normalized spacial score (nSPS) is 20.6. The second-order valence-electron chi connectivity index (χ2n) is 5.87. The number of likely N-dealkylation sites (tertiary alicyclic amines) is 1. The monoisotopic (exact) mass is 261 g/mol. The lowest BCUT2D eigenvalue weighted by molar-refractivity contribution is -0.133. The van der Waals surface area contributed by atoms with Crippen LogP contribution in [0, 0.1) is 17.7 Å². The SMILES string of the molecule is O=C(C1CC1)N1CCC(Cc2ccc(F)cc2)CC1. The molecule has 1 heterocycles. The maximum Gasteiger partial charge on any atom is 0.225 e. The highest BCUT2D eigenvalue weighted by Crippen LogP contribution is 2.32. The van der Waals surface area contributed by atoms with Crippen LogP contribution in [0.4, 0.5) is 4.39 Å². The molecule has 1 aromatic rings. The second kappa shape index (κ2) is 5.32. The maximum atomic E-state index is 12.8. The van der Waals surface area contributed by atoms with Gasteiger partial charge in [-0.15, -0.1) is 0 Å². The van der Waals surface area contributed by atoms with Gasteiger partial charge in [-0.25, -0.2) is 4.39 Å². The molecule has 0 radical (unpaired) electrons. The summed E-state index contributed by atoms with van der Waals surface area (Å²) in [6.45, 7) is 1.81. The Morgan fingerprint density at radius 3 is 2.32 bits per heavy atom. The van der Waals surface area contributed by atoms with E-state index in [1.807, 2.05) is 17.0 Å². The van der Waals surface area contributed by atoms with Crippen molar-refractivity contribution in [3.8, 4) is 0 Å². The van der Waals surface area contributed by atoms with E-state index >= 15 is 0 Å². The lowest BCUT2D eigenvalue weighted by Gasteiger charge is -2.32. The molecule has 1 saturated carbocycles. The van der Waals surface area contributed by atoms with Gasteiger partial charge in [-0.05, 0) is 55.7 Å². The third kappa shape index (κ3) is 3.14. The molecular formula is C16H20FNO. The van der Waals surface area contributed by atoms with Crippen molar-refractivity contribution in [2.45, 2.75) is 32.1 Å². The number of benzene rings is 1. The lowest BCUT2D eigenvalue weighted by Crippen LogP contribution is -2.39. The van der Waals surface area contributed by atoms with E-state index in [1.54, 1.807) is 0 Å². The summed E-state index contributed by atoms with van der Waals surface area (Å²) >= 11 is 0. The van der Waals surface area contributed by atoms with Crippen LogP contribution in [-0.2, 0) is 11.2 Å². The van der Waals surface area contributed by atoms with Gasteiger partial charge in [0.15, 0.2) is 0 Å². The van der Waals surface area contributed by atoms with Crippen molar-refractivity contribution in [2.24, 2.45) is 11.8 Å². The van der Waals surface area contributed by atoms with Crippen LogP contribution in [-0.4, -0.2) is 23.9 Å². The average molecular weight is 261 g/mol. The smallest absolute Gasteiger partial charge is 0.225 e. The van der Waals surface area contributed by atoms with Gasteiger partial charge in [-0.3, -0.25) is 4.79 Å². The van der Waals surface area contributed by atoms with Gasteiger partial charge in [0.05, 0.1) is 0 Å². The van der Waals surface area contributed by atoms with Crippen molar-refractivity contribution in [1.29, 1.82) is 0 Å². The molecule has 3 heteroatoms. The Bertz CT molecular complexity index is 444. The fourth-order valence-corrected chi connectivity index (χ4v) is 2.90. The van der Waals surface area contributed by atoms with Crippen LogP contribution in [0.25, 0.3) is 0 Å². The van der Waals surface area contributed by atoms with E-state index in [9.17, 15) is 9.18 Å². The maximum absolute atomic E-state index is 12.8. The highest BCUT2D eigenvalue weighted by molar-refractivity contribution is 5.81. The molecule has 1 aliphatic heterocycles. The van der Waals surface area contributed by atoms with E-state index in [2.05, 4.69) is 0 Å². The number of amides is 1. The summed E-state index contributed by atoms with van der Waals surface area (Å²) in [6.07, 6.45) is 5.35. The molecule has 2 nitrogen and oxygen atoms in total. The summed E-state index contributed by atoms with van der Waals surface area (Å²) in [5, 5.41) is 0. The Kier molecular flexibility index (Phi) is 3.54. The topological polar surface area (TPSA) is 20.3 Å². The van der Waals surface area contributed by atoms with Gasteiger partial charge in [0.1, 0.15) is 5.82 Å². The van der Waals surface area contributed by atoms with Gasteiger partial charge in [0.2, 0.25) is 5.91 Å². The van der Waals surface area contributed by atoms with Crippen LogP contribution in [0.15, 0.2) is 24.3 Å². The van der Waals surface area contributed by atoms with E-state index < -0.39 is 0 Å². The van der Waals surface area contributed by atoms with Gasteiger partial charge >= 0.3 is 0 Å². The zero-order valence-electron chi connectivity index (χ0n) is 11.1. The summed E-state index contributed by atoms with van der Waals surface area (Å²) < 4.78 is 12.8. The van der Waals surface area contributed by atoms with Gasteiger partial charge in [0.25, 0.3) is 0 Å². The fraction of sp³-hybridized carbons (Fsp3) is 0.562. The first-order valence-electron chi connectivity index (χ1n) is 7.25. The summed E-state index contributed by atoms with van der Waals surface area (Å²) in [6, 6.07) is 6.80. The Morgan fingerprint density at radius 1 is 1.11 bits per heavy atom. The highest BCUT2D eigenvalue weighted by Gasteiger charge is 2.34. The van der Waals surface area contributed by atoms with Crippen molar-refractivity contribution < 1.29 is 9.18 Å². The van der Waals surface area contributed by atoms with Gasteiger partial charge in [0, 0.05) is 19.0 Å². The Labute approximate surface area is 113 Å². The third-order valence-corrected chi connectivity index (χ3v) is 4.29. The van der Waals surface area contributed by atoms with Crippen LogP contribution in [0.5, 0.6) is 0 Å². The van der Waals surface area contributed by atoms with Crippen LogP contribution >= 0.6 is 0 Å². The van der Waals surface area contributed by atoms with Crippen molar-refractivity contribution in [1.82, 2.24) is 4.90 Å². The molecule has 1 aliphatic carbocycles. The second-order valence-corrected chi connectivity index (χ2v) is 5.87. The minimum Gasteiger partial charge on any atom is -0.342 e. The van der Waals surface area contributed by atoms with Gasteiger partial charge in [-0.1, -0.05) is 12.1 Å². The first-order valence-corrected chi connectivity index (χ1v) is 7.25. The zero-order chi connectivity index (χ0) is 13.2. The first kappa shape index (κ1) is 12.6. The van der Waals surface area contributed by atoms with Crippen molar-refractivity contribution in [3.05, 3.63) is 35.6 Å². The number of halogens is 1. The molecular weight excluding hydrogens is 241 g/mol. The Morgan fingerprint density at radius 2 is 1.74 bits per heavy atom. The molecule has 2 fully saturated rings. The molecule has 1 amide bonds. The number of rotatable bonds is 3. The van der Waals surface area contributed by atoms with Crippen LogP contribution in [0.2, 0.25) is 0 Å². The minimum absolute atomic E-state index is 0.173. The number of piperidine rings is 1. The minimum atomic E-state index is -0.173. The summed E-state index contributed by atoms with van der Waals surface area (Å²) in [5.41, 5.74) is 1.20. The van der Waals surface area contributed by atoms with Crippen LogP contribution < -0.4 is 0 Å². The molecule has 0 N–H and O–H groups in total. The average Bonchev–Trinajstić information content (AvgIpc) is 3.26. The number of hydrogen-bond acceptors (Lipinski definition) is 1. The Balaban J connectivity index is 1.49. The standard InChI is InChI=1S/C16H20FNO/c17-15-5-1-12(2-6-15)11-13-7-9-18(10-8-13)16(19)14-3-4-14/h1-2,5-6,13-14H,3-4,7-11H2. The summed E-state index contributed by atoms with van der Waals surface area (Å²) in [5.74, 6) is 1.18. The number of nitrogens with zero attached hydrogens (tertiary/aromatic N) is 1. The van der Waals surface area contributed by atoms with Crippen LogP contribution in [0.1, 0.15) is 31.2 Å². The van der Waals surface area contributed by atoms with Gasteiger partial charge in [-0.2, -0.15) is 0 Å². The van der Waals surface area contributed by atoms with Crippen molar-refractivity contribution in [2.75, 3.05) is 13.1 Å². The van der Waals surface area contributed by atoms with E-state index in [1.165, 1.54) is 17.7 Å². The Hall–Kier alpha value is -1.38. The predicted molar refractivity (Wildman–Crippen MR) is 72.1 cm³/mol. The van der Waals surface area contributed by atoms with E-state index in [-0.39, 0.29) is 5.82 Å². The number of carbonyl (C=O) groups is 1. The third-order valence-electron chi connectivity index (χ3n) is 4.29. The summed E-state index contributed by atoms with van der Waals surface area (Å²) in [7, 11) is 0. The number of hydrogen-bond donors (Lipinski definition) is 0. The quantitative estimate of drug-likeness (QED) is 0.819. The first-order chi connectivity index (χ1) is 9.22. The lowest BCUT2D eigenvalue weighted by atomic mass is 9.90. The summed E-state index contributed by atoms with van der Waals surface area (Å²) in [4.78, 5) is 14.0. The molecule has 0 aromatic heterocycles. The van der Waals surface area contributed by atoms with Crippen LogP contribution in [0.3, 0.4) is 0 Å². The molecule has 3 rings (SSSR count). The molecule has 19 heavy (non-hydrogen) atoms. The molecule has 102 valence electrons. The van der Waals surface area contributed by atoms with E-state index in [0.29, 0.717) is 17.7 Å². The van der Waals surface area contributed by atoms with Gasteiger partial charge < -0.3 is 4.90 Å². The molecule has 1 aromatic carbocycles. The van der Waals surface area contributed by atoms with E-state index in [4.69, 9.17) is 0 Å². The molecule has 2 aliphatic rings. The van der Waals surface area contributed by atoms with E-state index in [0.717, 1.165) is 45.2 Å². The molecule has 0 unspecified atom stereocenters. The number of carbonyl (C=O) groups excluding carboxylic acids is 1. The molecule has 0 spiro atoms. The van der Waals surface area contributed by atoms with Crippen molar-refractivity contribution >= 4 is 5.91 Å². The van der Waals surface area contributed by atoms with Crippen molar-refractivity contribution in [3.63, 3.8) is 0 Å². The fourth-order valence-electron chi connectivity index (χ4n) is 2.90. The largest absolute Gasteiger partial charge is 0.342 e. The molecule has 0 bridgehead atoms. The zero-order valence-corrected chi connectivity index (χ0v) is 11.1. The predicted octanol–water partition coefficient (Wildman–Crippen LogP) is 3.02. The molecule has 0 atom stereocenters.